The van der Waals surface area contributed by atoms with Crippen LogP contribution in [-0.4, -0.2) is 17.7 Å². The van der Waals surface area contributed by atoms with Gasteiger partial charge in [-0.05, 0) is 23.6 Å². The Morgan fingerprint density at radius 1 is 1.37 bits per heavy atom. The average molecular weight is 280 g/mol. The Balaban J connectivity index is 1.84. The van der Waals surface area contributed by atoms with Crippen LogP contribution < -0.4 is 0 Å². The van der Waals surface area contributed by atoms with Gasteiger partial charge in [-0.2, -0.15) is 0 Å². The second-order valence-electron chi connectivity index (χ2n) is 3.99. The molecule has 1 N–H and O–H groups in total. The second kappa shape index (κ2) is 6.45. The smallest absolute Gasteiger partial charge is 0.335 e. The Bertz CT molecular complexity index is 552. The molecular weight excluding hydrogens is 267 g/mol. The normalized spacial score (nSPS) is 10.6. The highest BCUT2D eigenvalue weighted by atomic mass is 32.1. The highest BCUT2D eigenvalue weighted by molar-refractivity contribution is 7.09. The fourth-order valence-corrected chi connectivity index (χ4v) is 2.30. The van der Waals surface area contributed by atoms with Crippen molar-refractivity contribution in [2.24, 2.45) is 0 Å². The van der Waals surface area contributed by atoms with Gasteiger partial charge >= 0.3 is 5.97 Å². The van der Waals surface area contributed by atoms with Crippen LogP contribution in [0.5, 0.6) is 0 Å². The third-order valence-corrected chi connectivity index (χ3v) is 3.57. The molecule has 0 amide bonds. The van der Waals surface area contributed by atoms with Crippen LogP contribution in [0.2, 0.25) is 0 Å². The Morgan fingerprint density at radius 3 is 2.84 bits per heavy atom. The van der Waals surface area contributed by atoms with E-state index in [1.807, 2.05) is 17.5 Å². The van der Waals surface area contributed by atoms with Crippen LogP contribution in [0.15, 0.2) is 35.7 Å². The van der Waals surface area contributed by atoms with Gasteiger partial charge in [0.2, 0.25) is 0 Å². The minimum Gasteiger partial charge on any atom is -0.478 e. The van der Waals surface area contributed by atoms with Crippen LogP contribution in [-0.2, 0) is 17.8 Å². The lowest BCUT2D eigenvalue weighted by Gasteiger charge is -2.05. The van der Waals surface area contributed by atoms with Gasteiger partial charge < -0.3 is 9.84 Å². The molecule has 3 nitrogen and oxygen atoms in total. The molecule has 1 heterocycles. The number of carboxylic acid groups (broad SMARTS) is 1. The summed E-state index contributed by atoms with van der Waals surface area (Å²) in [5, 5.41) is 10.7. The molecule has 2 rings (SSSR count). The Hall–Kier alpha value is -1.72. The van der Waals surface area contributed by atoms with E-state index in [4.69, 9.17) is 9.84 Å². The molecule has 5 heteroatoms. The topological polar surface area (TPSA) is 46.5 Å². The van der Waals surface area contributed by atoms with Gasteiger partial charge in [-0.1, -0.05) is 12.1 Å². The average Bonchev–Trinajstić information content (AvgIpc) is 2.89. The third-order valence-electron chi connectivity index (χ3n) is 2.63. The van der Waals surface area contributed by atoms with Crippen LogP contribution in [0.1, 0.15) is 20.8 Å². The van der Waals surface area contributed by atoms with E-state index in [0.29, 0.717) is 12.2 Å². The SMILES string of the molecule is O=C(O)c1ccc(COCCc2cccs2)c(F)c1. The number of hydrogen-bond acceptors (Lipinski definition) is 3. The lowest BCUT2D eigenvalue weighted by molar-refractivity contribution is 0.0696. The molecular formula is C14H13FO3S. The number of aromatic carboxylic acids is 1. The summed E-state index contributed by atoms with van der Waals surface area (Å²) in [6, 6.07) is 7.84. The van der Waals surface area contributed by atoms with Gasteiger partial charge in [0.15, 0.2) is 0 Å². The first-order valence-corrected chi connectivity index (χ1v) is 6.66. The van der Waals surface area contributed by atoms with Crippen LogP contribution >= 0.6 is 11.3 Å². The highest BCUT2D eigenvalue weighted by Crippen LogP contribution is 2.13. The van der Waals surface area contributed by atoms with Crippen molar-refractivity contribution in [1.29, 1.82) is 0 Å². The predicted molar refractivity (Wildman–Crippen MR) is 71.0 cm³/mol. The molecule has 19 heavy (non-hydrogen) atoms. The first kappa shape index (κ1) is 13.7. The number of ether oxygens (including phenoxy) is 1. The Labute approximate surface area is 114 Å². The van der Waals surface area contributed by atoms with Gasteiger partial charge in [-0.15, -0.1) is 11.3 Å². The second-order valence-corrected chi connectivity index (χ2v) is 5.03. The van der Waals surface area contributed by atoms with Crippen molar-refractivity contribution in [1.82, 2.24) is 0 Å². The predicted octanol–water partition coefficient (Wildman–Crippen LogP) is 3.34. The summed E-state index contributed by atoms with van der Waals surface area (Å²) in [6.45, 7) is 0.664. The summed E-state index contributed by atoms with van der Waals surface area (Å²) in [5.41, 5.74) is 0.316. The zero-order valence-electron chi connectivity index (χ0n) is 10.1. The summed E-state index contributed by atoms with van der Waals surface area (Å²) in [5.74, 6) is -1.68. The van der Waals surface area contributed by atoms with Crippen molar-refractivity contribution in [3.63, 3.8) is 0 Å². The minimum absolute atomic E-state index is 0.0557. The van der Waals surface area contributed by atoms with Gasteiger partial charge in [0.1, 0.15) is 5.82 Å². The van der Waals surface area contributed by atoms with E-state index in [1.54, 1.807) is 11.3 Å². The van der Waals surface area contributed by atoms with Gasteiger partial charge in [-0.3, -0.25) is 0 Å². The number of halogens is 1. The maximum Gasteiger partial charge on any atom is 0.335 e. The molecule has 0 saturated heterocycles. The van der Waals surface area contributed by atoms with E-state index in [0.717, 1.165) is 12.5 Å². The van der Waals surface area contributed by atoms with Crippen molar-refractivity contribution in [3.05, 3.63) is 57.5 Å². The van der Waals surface area contributed by atoms with E-state index in [2.05, 4.69) is 0 Å². The molecule has 0 unspecified atom stereocenters. The number of benzene rings is 1. The molecule has 0 radical (unpaired) electrons. The lowest BCUT2D eigenvalue weighted by Crippen LogP contribution is -2.02. The molecule has 2 aromatic rings. The number of hydrogen-bond donors (Lipinski definition) is 1. The molecule has 1 aromatic heterocycles. The molecule has 100 valence electrons. The van der Waals surface area contributed by atoms with E-state index >= 15 is 0 Å². The molecule has 0 aliphatic carbocycles. The first-order chi connectivity index (χ1) is 9.16. The fraction of sp³-hybridized carbons (Fsp3) is 0.214. The van der Waals surface area contributed by atoms with Crippen molar-refractivity contribution in [2.75, 3.05) is 6.61 Å². The van der Waals surface area contributed by atoms with Crippen molar-refractivity contribution >= 4 is 17.3 Å². The Morgan fingerprint density at radius 2 is 2.21 bits per heavy atom. The van der Waals surface area contributed by atoms with Gasteiger partial charge in [0, 0.05) is 16.9 Å². The van der Waals surface area contributed by atoms with E-state index in [-0.39, 0.29) is 12.2 Å². The first-order valence-electron chi connectivity index (χ1n) is 5.78. The number of carbonyl (C=O) groups is 1. The standard InChI is InChI=1S/C14H13FO3S/c15-13-8-10(14(16)17)3-4-11(13)9-18-6-5-12-2-1-7-19-12/h1-4,7-8H,5-6,9H2,(H,16,17). The molecule has 0 aliphatic rings. The zero-order valence-corrected chi connectivity index (χ0v) is 11.0. The molecule has 0 atom stereocenters. The lowest BCUT2D eigenvalue weighted by atomic mass is 10.1. The van der Waals surface area contributed by atoms with E-state index in [9.17, 15) is 9.18 Å². The minimum atomic E-state index is -1.14. The van der Waals surface area contributed by atoms with Gasteiger partial charge in [0.05, 0.1) is 18.8 Å². The largest absolute Gasteiger partial charge is 0.478 e. The maximum atomic E-state index is 13.6. The van der Waals surface area contributed by atoms with Crippen LogP contribution in [0.3, 0.4) is 0 Å². The van der Waals surface area contributed by atoms with Crippen LogP contribution in [0.4, 0.5) is 4.39 Å². The number of thiophene rings is 1. The van der Waals surface area contributed by atoms with Crippen molar-refractivity contribution in [3.8, 4) is 0 Å². The van der Waals surface area contributed by atoms with Crippen molar-refractivity contribution in [2.45, 2.75) is 13.0 Å². The fourth-order valence-electron chi connectivity index (χ4n) is 1.61. The van der Waals surface area contributed by atoms with Crippen LogP contribution in [0.25, 0.3) is 0 Å². The summed E-state index contributed by atoms with van der Waals surface area (Å²) in [4.78, 5) is 11.9. The molecule has 0 spiro atoms. The number of rotatable bonds is 6. The highest BCUT2D eigenvalue weighted by Gasteiger charge is 2.08. The Kier molecular flexibility index (Phi) is 4.65. The molecule has 0 saturated carbocycles. The quantitative estimate of drug-likeness (QED) is 0.825. The van der Waals surface area contributed by atoms with Gasteiger partial charge in [-0.25, -0.2) is 9.18 Å². The summed E-state index contributed by atoms with van der Waals surface area (Å²) >= 11 is 1.66. The van der Waals surface area contributed by atoms with Gasteiger partial charge in [0.25, 0.3) is 0 Å². The summed E-state index contributed by atoms with van der Waals surface area (Å²) in [6.07, 6.45) is 0.798. The van der Waals surface area contributed by atoms with E-state index in [1.165, 1.54) is 17.0 Å². The molecule has 1 aromatic carbocycles. The maximum absolute atomic E-state index is 13.6. The number of carboxylic acids is 1. The molecule has 0 aliphatic heterocycles. The zero-order chi connectivity index (χ0) is 13.7. The third kappa shape index (κ3) is 3.87. The van der Waals surface area contributed by atoms with Crippen LogP contribution in [0, 0.1) is 5.82 Å². The van der Waals surface area contributed by atoms with E-state index < -0.39 is 11.8 Å². The monoisotopic (exact) mass is 280 g/mol. The molecule has 0 fully saturated rings. The van der Waals surface area contributed by atoms with Crippen molar-refractivity contribution < 1.29 is 19.0 Å². The summed E-state index contributed by atoms with van der Waals surface area (Å²) in [7, 11) is 0. The molecule has 0 bridgehead atoms. The summed E-state index contributed by atoms with van der Waals surface area (Å²) < 4.78 is 19.0.